The van der Waals surface area contributed by atoms with Crippen molar-refractivity contribution in [3.8, 4) is 0 Å². The minimum atomic E-state index is 1.03. The van der Waals surface area contributed by atoms with Crippen molar-refractivity contribution >= 4 is 11.0 Å². The maximum Gasteiger partial charge on any atom is 0.140 e. The summed E-state index contributed by atoms with van der Waals surface area (Å²) in [5, 5.41) is 1.28. The highest BCUT2D eigenvalue weighted by atomic mass is 15.3. The van der Waals surface area contributed by atoms with Crippen molar-refractivity contribution in [1.29, 1.82) is 0 Å². The van der Waals surface area contributed by atoms with Gasteiger partial charge in [0.15, 0.2) is 0 Å². The molecule has 0 spiro atoms. The topological polar surface area (TPSA) is 24.3 Å². The Hall–Kier alpha value is -1.39. The molecule has 0 aromatic carbocycles. The number of aromatic nitrogens is 2. The average Bonchev–Trinajstić information content (AvgIpc) is 2.86. The van der Waals surface area contributed by atoms with Crippen molar-refractivity contribution < 1.29 is 0 Å². The minimum absolute atomic E-state index is 1.03. The smallest absolute Gasteiger partial charge is 0.140 e. The summed E-state index contributed by atoms with van der Waals surface area (Å²) in [6.07, 6.45) is 4.11. The molecule has 4 heteroatoms. The highest BCUT2D eigenvalue weighted by Gasteiger charge is 2.14. The van der Waals surface area contributed by atoms with Gasteiger partial charge in [0.25, 0.3) is 0 Å². The summed E-state index contributed by atoms with van der Waals surface area (Å²) < 4.78 is 2.29. The molecule has 1 fully saturated rings. The number of piperazine rings is 1. The molecule has 2 aromatic heterocycles. The normalized spacial score (nSPS) is 16.8. The first-order valence-corrected chi connectivity index (χ1v) is 8.05. The zero-order chi connectivity index (χ0) is 15.2. The maximum absolute atomic E-state index is 4.51. The van der Waals surface area contributed by atoms with Crippen LogP contribution in [0.3, 0.4) is 0 Å². The number of aryl methyl sites for hydroxylation is 1. The van der Waals surface area contributed by atoms with Crippen molar-refractivity contribution in [2.75, 3.05) is 39.8 Å². The van der Waals surface area contributed by atoms with E-state index in [4.69, 9.17) is 0 Å². The fraction of sp³-hybridized carbons (Fsp3) is 0.588. The SMILES string of the molecule is CC.Cc1cn(CCN2CCN(C)CC2)c2ncccc12. The summed E-state index contributed by atoms with van der Waals surface area (Å²) in [4.78, 5) is 9.46. The maximum atomic E-state index is 4.51. The van der Waals surface area contributed by atoms with Gasteiger partial charge in [0.05, 0.1) is 0 Å². The van der Waals surface area contributed by atoms with E-state index in [2.05, 4.69) is 45.6 Å². The second-order valence-corrected chi connectivity index (χ2v) is 5.52. The highest BCUT2D eigenvalue weighted by Crippen LogP contribution is 2.18. The van der Waals surface area contributed by atoms with Gasteiger partial charge < -0.3 is 9.47 Å². The van der Waals surface area contributed by atoms with Gasteiger partial charge in [0, 0.05) is 57.0 Å². The Kier molecular flexibility index (Phi) is 5.76. The summed E-state index contributed by atoms with van der Waals surface area (Å²) in [7, 11) is 2.20. The molecule has 0 bridgehead atoms. The molecule has 21 heavy (non-hydrogen) atoms. The van der Waals surface area contributed by atoms with Gasteiger partial charge >= 0.3 is 0 Å². The lowest BCUT2D eigenvalue weighted by atomic mass is 10.2. The second kappa shape index (κ2) is 7.57. The van der Waals surface area contributed by atoms with E-state index in [1.54, 1.807) is 0 Å². The third kappa shape index (κ3) is 3.83. The Morgan fingerprint density at radius 3 is 2.52 bits per heavy atom. The summed E-state index contributed by atoms with van der Waals surface area (Å²) in [6.45, 7) is 13.0. The zero-order valence-corrected chi connectivity index (χ0v) is 13.8. The van der Waals surface area contributed by atoms with Gasteiger partial charge in [0.2, 0.25) is 0 Å². The Morgan fingerprint density at radius 2 is 1.81 bits per heavy atom. The van der Waals surface area contributed by atoms with Crippen molar-refractivity contribution in [2.45, 2.75) is 27.3 Å². The number of pyridine rings is 1. The quantitative estimate of drug-likeness (QED) is 0.868. The van der Waals surface area contributed by atoms with E-state index < -0.39 is 0 Å². The number of rotatable bonds is 3. The molecule has 3 rings (SSSR count). The van der Waals surface area contributed by atoms with Crippen LogP contribution in [0.1, 0.15) is 19.4 Å². The summed E-state index contributed by atoms with van der Waals surface area (Å²) in [5.41, 5.74) is 2.44. The van der Waals surface area contributed by atoms with Crippen molar-refractivity contribution in [1.82, 2.24) is 19.4 Å². The van der Waals surface area contributed by atoms with Gasteiger partial charge in [-0.1, -0.05) is 13.8 Å². The van der Waals surface area contributed by atoms with Gasteiger partial charge in [-0.3, -0.25) is 4.90 Å². The van der Waals surface area contributed by atoms with Crippen LogP contribution in [0.5, 0.6) is 0 Å². The lowest BCUT2D eigenvalue weighted by Gasteiger charge is -2.32. The van der Waals surface area contributed by atoms with E-state index in [-0.39, 0.29) is 0 Å². The van der Waals surface area contributed by atoms with Crippen LogP contribution in [0.2, 0.25) is 0 Å². The molecule has 3 heterocycles. The third-order valence-electron chi connectivity index (χ3n) is 4.09. The number of nitrogens with zero attached hydrogens (tertiary/aromatic N) is 4. The molecular weight excluding hydrogens is 260 g/mol. The van der Waals surface area contributed by atoms with Crippen molar-refractivity contribution in [3.05, 3.63) is 30.1 Å². The largest absolute Gasteiger partial charge is 0.331 e. The van der Waals surface area contributed by atoms with Crippen LogP contribution in [0.4, 0.5) is 0 Å². The Balaban J connectivity index is 0.000000774. The van der Waals surface area contributed by atoms with E-state index in [0.29, 0.717) is 0 Å². The Labute approximate surface area is 128 Å². The molecule has 0 atom stereocenters. The number of fused-ring (bicyclic) bond motifs is 1. The van der Waals surface area contributed by atoms with E-state index in [0.717, 1.165) is 18.7 Å². The molecule has 0 saturated carbocycles. The third-order valence-corrected chi connectivity index (χ3v) is 4.09. The summed E-state index contributed by atoms with van der Waals surface area (Å²) >= 11 is 0. The fourth-order valence-electron chi connectivity index (χ4n) is 2.79. The van der Waals surface area contributed by atoms with Crippen LogP contribution >= 0.6 is 0 Å². The molecule has 0 N–H and O–H groups in total. The minimum Gasteiger partial charge on any atom is -0.331 e. The molecule has 4 nitrogen and oxygen atoms in total. The van der Waals surface area contributed by atoms with Gasteiger partial charge in [-0.15, -0.1) is 0 Å². The van der Waals surface area contributed by atoms with Gasteiger partial charge in [-0.25, -0.2) is 4.98 Å². The predicted octanol–water partition coefficient (Wildman–Crippen LogP) is 2.62. The first kappa shape index (κ1) is 16.0. The zero-order valence-electron chi connectivity index (χ0n) is 13.8. The van der Waals surface area contributed by atoms with Crippen LogP contribution in [0, 0.1) is 6.92 Å². The van der Waals surface area contributed by atoms with Crippen LogP contribution in [-0.4, -0.2) is 59.1 Å². The molecule has 116 valence electrons. The van der Waals surface area contributed by atoms with E-state index in [9.17, 15) is 0 Å². The first-order chi connectivity index (χ1) is 10.2. The molecule has 0 radical (unpaired) electrons. The number of hydrogen-bond acceptors (Lipinski definition) is 3. The van der Waals surface area contributed by atoms with Crippen LogP contribution < -0.4 is 0 Å². The van der Waals surface area contributed by atoms with E-state index in [1.807, 2.05) is 26.1 Å². The van der Waals surface area contributed by atoms with Gasteiger partial charge in [-0.2, -0.15) is 0 Å². The second-order valence-electron chi connectivity index (χ2n) is 5.52. The molecule has 0 aliphatic carbocycles. The standard InChI is InChI=1S/C15H22N4.C2H6/c1-13-12-19(15-14(13)4-3-5-16-15)11-10-18-8-6-17(2)7-9-18;1-2/h3-5,12H,6-11H2,1-2H3;1-2H3. The van der Waals surface area contributed by atoms with Crippen LogP contribution in [0.25, 0.3) is 11.0 Å². The molecule has 0 amide bonds. The summed E-state index contributed by atoms with van der Waals surface area (Å²) in [5.74, 6) is 0. The average molecular weight is 288 g/mol. The van der Waals surface area contributed by atoms with Gasteiger partial charge in [0.1, 0.15) is 5.65 Å². The van der Waals surface area contributed by atoms with Crippen LogP contribution in [-0.2, 0) is 6.54 Å². The molecule has 0 unspecified atom stereocenters. The Morgan fingerprint density at radius 1 is 1.10 bits per heavy atom. The Bertz CT molecular complexity index is 553. The highest BCUT2D eigenvalue weighted by molar-refractivity contribution is 5.79. The summed E-state index contributed by atoms with van der Waals surface area (Å²) in [6, 6.07) is 4.17. The predicted molar refractivity (Wildman–Crippen MR) is 89.8 cm³/mol. The lowest BCUT2D eigenvalue weighted by Crippen LogP contribution is -2.45. The van der Waals surface area contributed by atoms with E-state index >= 15 is 0 Å². The molecular formula is C17H28N4. The first-order valence-electron chi connectivity index (χ1n) is 8.05. The van der Waals surface area contributed by atoms with Crippen molar-refractivity contribution in [3.63, 3.8) is 0 Å². The molecule has 1 aliphatic rings. The fourth-order valence-corrected chi connectivity index (χ4v) is 2.79. The molecule has 1 saturated heterocycles. The lowest BCUT2D eigenvalue weighted by molar-refractivity contribution is 0.150. The number of hydrogen-bond donors (Lipinski definition) is 0. The van der Waals surface area contributed by atoms with E-state index in [1.165, 1.54) is 37.1 Å². The van der Waals surface area contributed by atoms with Crippen LogP contribution in [0.15, 0.2) is 24.5 Å². The monoisotopic (exact) mass is 288 g/mol. The van der Waals surface area contributed by atoms with Gasteiger partial charge in [-0.05, 0) is 31.7 Å². The van der Waals surface area contributed by atoms with Crippen molar-refractivity contribution in [2.24, 2.45) is 0 Å². The molecule has 2 aromatic rings. The molecule has 1 aliphatic heterocycles. The number of likely N-dealkylation sites (N-methyl/N-ethyl adjacent to an activating group) is 1.